The summed E-state index contributed by atoms with van der Waals surface area (Å²) in [5.74, 6) is 0.840. The van der Waals surface area contributed by atoms with Gasteiger partial charge in [0.15, 0.2) is 0 Å². The molecule has 0 bridgehead atoms. The number of anilines is 1. The average molecular weight is 274 g/mol. The van der Waals surface area contributed by atoms with Crippen molar-refractivity contribution in [1.82, 2.24) is 5.32 Å². The number of hydrogen-bond acceptors (Lipinski definition) is 2. The van der Waals surface area contributed by atoms with Gasteiger partial charge in [0.05, 0.1) is 0 Å². The van der Waals surface area contributed by atoms with Crippen molar-refractivity contribution in [3.8, 4) is 0 Å². The van der Waals surface area contributed by atoms with Crippen LogP contribution in [0.2, 0.25) is 0 Å². The van der Waals surface area contributed by atoms with Crippen LogP contribution in [-0.2, 0) is 13.0 Å². The van der Waals surface area contributed by atoms with E-state index in [1.165, 1.54) is 55.3 Å². The molecule has 1 aromatic carbocycles. The third kappa shape index (κ3) is 4.24. The van der Waals surface area contributed by atoms with E-state index in [0.717, 1.165) is 25.6 Å². The van der Waals surface area contributed by atoms with Crippen molar-refractivity contribution in [2.24, 2.45) is 5.92 Å². The molecule has 1 aliphatic rings. The summed E-state index contributed by atoms with van der Waals surface area (Å²) in [5, 5.41) is 7.20. The van der Waals surface area contributed by atoms with Gasteiger partial charge in [-0.25, -0.2) is 0 Å². The smallest absolute Gasteiger partial charge is 0.0375 e. The molecule has 2 rings (SSSR count). The van der Waals surface area contributed by atoms with Crippen LogP contribution >= 0.6 is 0 Å². The second-order valence-electron chi connectivity index (χ2n) is 6.02. The van der Waals surface area contributed by atoms with Crippen LogP contribution in [0.5, 0.6) is 0 Å². The molecule has 0 radical (unpaired) electrons. The van der Waals surface area contributed by atoms with Gasteiger partial charge >= 0.3 is 0 Å². The Kier molecular flexibility index (Phi) is 6.38. The summed E-state index contributed by atoms with van der Waals surface area (Å²) >= 11 is 0. The molecule has 0 aliphatic carbocycles. The molecule has 20 heavy (non-hydrogen) atoms. The summed E-state index contributed by atoms with van der Waals surface area (Å²) in [6.07, 6.45) is 7.83. The number of fused-ring (bicyclic) bond motifs is 1. The molecule has 1 aliphatic heterocycles. The van der Waals surface area contributed by atoms with Gasteiger partial charge in [0.2, 0.25) is 0 Å². The zero-order chi connectivity index (χ0) is 14.2. The second-order valence-corrected chi connectivity index (χ2v) is 6.02. The van der Waals surface area contributed by atoms with Gasteiger partial charge in [-0.2, -0.15) is 0 Å². The number of hydrogen-bond donors (Lipinski definition) is 2. The fourth-order valence-electron chi connectivity index (χ4n) is 3.10. The molecule has 2 heteroatoms. The lowest BCUT2D eigenvalue weighted by molar-refractivity contribution is 0.419. The van der Waals surface area contributed by atoms with E-state index in [2.05, 4.69) is 42.7 Å². The molecule has 2 N–H and O–H groups in total. The Morgan fingerprint density at radius 1 is 1.30 bits per heavy atom. The predicted octanol–water partition coefficient (Wildman–Crippen LogP) is 4.35. The van der Waals surface area contributed by atoms with Gasteiger partial charge in [0, 0.05) is 18.8 Å². The maximum Gasteiger partial charge on any atom is 0.0375 e. The summed E-state index contributed by atoms with van der Waals surface area (Å²) in [7, 11) is 0. The zero-order valence-electron chi connectivity index (χ0n) is 13.2. The van der Waals surface area contributed by atoms with Gasteiger partial charge in [0.25, 0.3) is 0 Å². The molecule has 0 amide bonds. The molecule has 0 aromatic heterocycles. The number of unbranched alkanes of at least 4 members (excludes halogenated alkanes) is 1. The van der Waals surface area contributed by atoms with E-state index < -0.39 is 0 Å². The standard InChI is InChI=1S/C18H30N2/c1-3-5-8-15(4-2)13-19-14-16-9-6-11-18-17(16)10-7-12-20-18/h6,9,11,15,19-20H,3-5,7-8,10,12-14H2,1-2H3. The summed E-state index contributed by atoms with van der Waals surface area (Å²) in [6, 6.07) is 6.68. The topological polar surface area (TPSA) is 24.1 Å². The van der Waals surface area contributed by atoms with Crippen LogP contribution in [0, 0.1) is 5.92 Å². The normalized spacial score (nSPS) is 15.5. The summed E-state index contributed by atoms with van der Waals surface area (Å²) < 4.78 is 0. The van der Waals surface area contributed by atoms with Crippen LogP contribution in [0.1, 0.15) is 57.1 Å². The molecule has 2 nitrogen and oxygen atoms in total. The Bertz CT molecular complexity index is 400. The Hall–Kier alpha value is -1.02. The van der Waals surface area contributed by atoms with E-state index >= 15 is 0 Å². The van der Waals surface area contributed by atoms with Gasteiger partial charge in [-0.3, -0.25) is 0 Å². The van der Waals surface area contributed by atoms with Crippen molar-refractivity contribution >= 4 is 5.69 Å². The Morgan fingerprint density at radius 3 is 3.00 bits per heavy atom. The van der Waals surface area contributed by atoms with E-state index in [4.69, 9.17) is 0 Å². The fraction of sp³-hybridized carbons (Fsp3) is 0.667. The van der Waals surface area contributed by atoms with E-state index in [-0.39, 0.29) is 0 Å². The third-order valence-electron chi connectivity index (χ3n) is 4.48. The lowest BCUT2D eigenvalue weighted by Crippen LogP contribution is -2.23. The van der Waals surface area contributed by atoms with Crippen LogP contribution in [-0.4, -0.2) is 13.1 Å². The summed E-state index contributed by atoms with van der Waals surface area (Å²) in [4.78, 5) is 0. The van der Waals surface area contributed by atoms with Crippen LogP contribution in [0.25, 0.3) is 0 Å². The molecule has 1 heterocycles. The second kappa shape index (κ2) is 8.31. The molecule has 1 aromatic rings. The zero-order valence-corrected chi connectivity index (χ0v) is 13.2. The maximum atomic E-state index is 3.68. The third-order valence-corrected chi connectivity index (χ3v) is 4.48. The number of benzene rings is 1. The monoisotopic (exact) mass is 274 g/mol. The molecule has 112 valence electrons. The van der Waals surface area contributed by atoms with Crippen molar-refractivity contribution in [2.45, 2.75) is 58.9 Å². The molecule has 0 saturated heterocycles. The molecular formula is C18H30N2. The molecule has 1 atom stereocenters. The van der Waals surface area contributed by atoms with Crippen LogP contribution in [0.3, 0.4) is 0 Å². The largest absolute Gasteiger partial charge is 0.385 e. The first-order valence-corrected chi connectivity index (χ1v) is 8.40. The Morgan fingerprint density at radius 2 is 2.20 bits per heavy atom. The van der Waals surface area contributed by atoms with E-state index in [1.807, 2.05) is 0 Å². The van der Waals surface area contributed by atoms with Crippen molar-refractivity contribution < 1.29 is 0 Å². The van der Waals surface area contributed by atoms with Gasteiger partial charge in [-0.15, -0.1) is 0 Å². The summed E-state index contributed by atoms with van der Waals surface area (Å²) in [5.41, 5.74) is 4.38. The van der Waals surface area contributed by atoms with Crippen LogP contribution in [0.15, 0.2) is 18.2 Å². The van der Waals surface area contributed by atoms with Gasteiger partial charge in [0.1, 0.15) is 0 Å². The van der Waals surface area contributed by atoms with Crippen molar-refractivity contribution in [1.29, 1.82) is 0 Å². The van der Waals surface area contributed by atoms with Gasteiger partial charge < -0.3 is 10.6 Å². The maximum absolute atomic E-state index is 3.68. The quantitative estimate of drug-likeness (QED) is 0.736. The van der Waals surface area contributed by atoms with E-state index in [1.54, 1.807) is 0 Å². The van der Waals surface area contributed by atoms with Crippen molar-refractivity contribution in [3.63, 3.8) is 0 Å². The summed E-state index contributed by atoms with van der Waals surface area (Å²) in [6.45, 7) is 7.90. The minimum Gasteiger partial charge on any atom is -0.385 e. The highest BCUT2D eigenvalue weighted by Gasteiger charge is 2.12. The number of rotatable bonds is 8. The number of nitrogens with one attached hydrogen (secondary N) is 2. The van der Waals surface area contributed by atoms with Gasteiger partial charge in [-0.1, -0.05) is 45.2 Å². The highest BCUT2D eigenvalue weighted by Crippen LogP contribution is 2.25. The molecule has 0 spiro atoms. The van der Waals surface area contributed by atoms with Gasteiger partial charge in [-0.05, 0) is 48.9 Å². The van der Waals surface area contributed by atoms with Crippen LogP contribution in [0.4, 0.5) is 5.69 Å². The van der Waals surface area contributed by atoms with Crippen molar-refractivity contribution in [3.05, 3.63) is 29.3 Å². The lowest BCUT2D eigenvalue weighted by atomic mass is 9.96. The molecule has 0 fully saturated rings. The average Bonchev–Trinajstić information content (AvgIpc) is 2.51. The predicted molar refractivity (Wildman–Crippen MR) is 88.3 cm³/mol. The first-order chi connectivity index (χ1) is 9.85. The molecular weight excluding hydrogens is 244 g/mol. The molecule has 1 unspecified atom stereocenters. The molecule has 0 saturated carbocycles. The Balaban J connectivity index is 1.84. The first kappa shape index (κ1) is 15.4. The highest BCUT2D eigenvalue weighted by atomic mass is 14.9. The lowest BCUT2D eigenvalue weighted by Gasteiger charge is -2.22. The minimum absolute atomic E-state index is 0.840. The fourth-order valence-corrected chi connectivity index (χ4v) is 3.10. The van der Waals surface area contributed by atoms with E-state index in [0.29, 0.717) is 0 Å². The van der Waals surface area contributed by atoms with Crippen molar-refractivity contribution in [2.75, 3.05) is 18.4 Å². The Labute approximate surface area is 124 Å². The van der Waals surface area contributed by atoms with Crippen LogP contribution < -0.4 is 10.6 Å². The SMILES string of the molecule is CCCCC(CC)CNCc1cccc2c1CCCN2. The highest BCUT2D eigenvalue weighted by molar-refractivity contribution is 5.56. The minimum atomic E-state index is 0.840. The first-order valence-electron chi connectivity index (χ1n) is 8.40. The van der Waals surface area contributed by atoms with E-state index in [9.17, 15) is 0 Å².